The van der Waals surface area contributed by atoms with E-state index in [0.29, 0.717) is 17.1 Å². The average molecular weight is 311 g/mol. The summed E-state index contributed by atoms with van der Waals surface area (Å²) in [4.78, 5) is 0.0787. The number of aromatic nitrogens is 1. The molecule has 0 fully saturated rings. The van der Waals surface area contributed by atoms with Crippen LogP contribution in [-0.4, -0.2) is 26.7 Å². The van der Waals surface area contributed by atoms with Gasteiger partial charge in [-0.1, -0.05) is 5.16 Å². The maximum Gasteiger partial charge on any atom is 0.246 e. The van der Waals surface area contributed by atoms with Crippen molar-refractivity contribution in [3.05, 3.63) is 35.7 Å². The zero-order valence-corrected chi connectivity index (χ0v) is 12.6. The standard InChI is InChI=1S/C13H17N3O4S/c1-9-13(10(2)20-16-9)21(17,18)15-7-8-19-12-5-3-11(14)4-6-12/h3-6,15H,7-8,14H2,1-2H3. The molecule has 0 unspecified atom stereocenters. The van der Waals surface area contributed by atoms with Crippen LogP contribution in [-0.2, 0) is 10.0 Å². The van der Waals surface area contributed by atoms with Gasteiger partial charge in [0.2, 0.25) is 10.0 Å². The van der Waals surface area contributed by atoms with E-state index in [1.165, 1.54) is 0 Å². The van der Waals surface area contributed by atoms with Gasteiger partial charge < -0.3 is 15.0 Å². The van der Waals surface area contributed by atoms with Crippen molar-refractivity contribution in [3.8, 4) is 5.75 Å². The molecular formula is C13H17N3O4S. The van der Waals surface area contributed by atoms with E-state index in [0.717, 1.165) is 0 Å². The summed E-state index contributed by atoms with van der Waals surface area (Å²) in [5.74, 6) is 0.889. The van der Waals surface area contributed by atoms with Crippen molar-refractivity contribution in [2.24, 2.45) is 0 Å². The zero-order valence-electron chi connectivity index (χ0n) is 11.8. The largest absolute Gasteiger partial charge is 0.492 e. The van der Waals surface area contributed by atoms with E-state index in [9.17, 15) is 8.42 Å². The maximum absolute atomic E-state index is 12.1. The Morgan fingerprint density at radius 2 is 1.95 bits per heavy atom. The molecule has 1 aromatic carbocycles. The number of nitrogen functional groups attached to an aromatic ring is 1. The van der Waals surface area contributed by atoms with Gasteiger partial charge in [0.05, 0.1) is 0 Å². The Labute approximate surface area is 123 Å². The Morgan fingerprint density at radius 3 is 2.52 bits per heavy atom. The molecule has 2 aromatic rings. The van der Waals surface area contributed by atoms with Gasteiger partial charge in [0.25, 0.3) is 0 Å². The second-order valence-corrected chi connectivity index (χ2v) is 6.17. The number of nitrogens with one attached hydrogen (secondary N) is 1. The average Bonchev–Trinajstić information content (AvgIpc) is 2.77. The lowest BCUT2D eigenvalue weighted by molar-refractivity contribution is 0.323. The molecule has 2 rings (SSSR count). The summed E-state index contributed by atoms with van der Waals surface area (Å²) in [5, 5.41) is 3.63. The quantitative estimate of drug-likeness (QED) is 0.613. The first kappa shape index (κ1) is 15.3. The van der Waals surface area contributed by atoms with Crippen LogP contribution in [0.25, 0.3) is 0 Å². The van der Waals surface area contributed by atoms with Crippen molar-refractivity contribution in [2.75, 3.05) is 18.9 Å². The van der Waals surface area contributed by atoms with Gasteiger partial charge in [-0.15, -0.1) is 0 Å². The molecule has 0 aliphatic carbocycles. The molecule has 8 heteroatoms. The fourth-order valence-corrected chi connectivity index (χ4v) is 3.18. The highest BCUT2D eigenvalue weighted by molar-refractivity contribution is 7.89. The summed E-state index contributed by atoms with van der Waals surface area (Å²) in [6, 6.07) is 6.86. The predicted octanol–water partition coefficient (Wildman–Crippen LogP) is 1.23. The van der Waals surface area contributed by atoms with Gasteiger partial charge in [0, 0.05) is 12.2 Å². The number of rotatable bonds is 6. The lowest BCUT2D eigenvalue weighted by atomic mass is 10.3. The molecule has 0 bridgehead atoms. The van der Waals surface area contributed by atoms with Crippen molar-refractivity contribution in [3.63, 3.8) is 0 Å². The van der Waals surface area contributed by atoms with Crippen molar-refractivity contribution in [1.82, 2.24) is 9.88 Å². The van der Waals surface area contributed by atoms with E-state index < -0.39 is 10.0 Å². The van der Waals surface area contributed by atoms with E-state index in [1.807, 2.05) is 0 Å². The molecule has 1 aromatic heterocycles. The minimum absolute atomic E-state index is 0.0787. The summed E-state index contributed by atoms with van der Waals surface area (Å²) in [5.41, 5.74) is 6.53. The number of benzene rings is 1. The van der Waals surface area contributed by atoms with E-state index in [4.69, 9.17) is 15.0 Å². The number of sulfonamides is 1. The van der Waals surface area contributed by atoms with E-state index >= 15 is 0 Å². The molecule has 0 aliphatic heterocycles. The fraction of sp³-hybridized carbons (Fsp3) is 0.308. The molecule has 114 valence electrons. The topological polar surface area (TPSA) is 107 Å². The molecule has 0 spiro atoms. The molecule has 0 aliphatic rings. The van der Waals surface area contributed by atoms with Gasteiger partial charge in [0.15, 0.2) is 5.76 Å². The van der Waals surface area contributed by atoms with Crippen LogP contribution >= 0.6 is 0 Å². The smallest absolute Gasteiger partial charge is 0.246 e. The van der Waals surface area contributed by atoms with Crippen LogP contribution in [0.2, 0.25) is 0 Å². The summed E-state index contributed by atoms with van der Waals surface area (Å²) in [6.07, 6.45) is 0. The van der Waals surface area contributed by atoms with Gasteiger partial charge in [-0.25, -0.2) is 13.1 Å². The van der Waals surface area contributed by atoms with Crippen LogP contribution in [0.1, 0.15) is 11.5 Å². The minimum Gasteiger partial charge on any atom is -0.492 e. The number of nitrogens with zero attached hydrogens (tertiary/aromatic N) is 1. The Balaban J connectivity index is 1.90. The molecule has 0 saturated heterocycles. The van der Waals surface area contributed by atoms with E-state index in [-0.39, 0.29) is 23.8 Å². The van der Waals surface area contributed by atoms with E-state index in [2.05, 4.69) is 9.88 Å². The predicted molar refractivity (Wildman–Crippen MR) is 77.5 cm³/mol. The number of ether oxygens (including phenoxy) is 1. The lowest BCUT2D eigenvalue weighted by Crippen LogP contribution is -2.29. The number of hydrogen-bond donors (Lipinski definition) is 2. The highest BCUT2D eigenvalue weighted by Crippen LogP contribution is 2.18. The molecule has 1 heterocycles. The number of hydrogen-bond acceptors (Lipinski definition) is 6. The molecule has 7 nitrogen and oxygen atoms in total. The molecule has 0 saturated carbocycles. The minimum atomic E-state index is -3.65. The molecule has 3 N–H and O–H groups in total. The van der Waals surface area contributed by atoms with Gasteiger partial charge >= 0.3 is 0 Å². The molecule has 0 amide bonds. The number of nitrogens with two attached hydrogens (primary N) is 1. The third kappa shape index (κ3) is 3.73. The van der Waals surface area contributed by atoms with Crippen LogP contribution in [0.3, 0.4) is 0 Å². The maximum atomic E-state index is 12.1. The third-order valence-corrected chi connectivity index (χ3v) is 4.48. The fourth-order valence-electron chi connectivity index (χ4n) is 1.84. The molecular weight excluding hydrogens is 294 g/mol. The summed E-state index contributed by atoms with van der Waals surface area (Å²) in [7, 11) is -3.65. The Morgan fingerprint density at radius 1 is 1.29 bits per heavy atom. The second kappa shape index (κ2) is 6.15. The molecule has 0 radical (unpaired) electrons. The van der Waals surface area contributed by atoms with Gasteiger partial charge in [-0.3, -0.25) is 0 Å². The van der Waals surface area contributed by atoms with Gasteiger partial charge in [0.1, 0.15) is 22.9 Å². The van der Waals surface area contributed by atoms with E-state index in [1.54, 1.807) is 38.1 Å². The summed E-state index contributed by atoms with van der Waals surface area (Å²) in [6.45, 7) is 3.47. The third-order valence-electron chi connectivity index (χ3n) is 2.78. The van der Waals surface area contributed by atoms with Crippen LogP contribution in [0.5, 0.6) is 5.75 Å². The van der Waals surface area contributed by atoms with Crippen LogP contribution in [0.15, 0.2) is 33.7 Å². The second-order valence-electron chi connectivity index (χ2n) is 4.47. The van der Waals surface area contributed by atoms with Crippen molar-refractivity contribution in [2.45, 2.75) is 18.7 Å². The Bertz CT molecular complexity index is 688. The highest BCUT2D eigenvalue weighted by Gasteiger charge is 2.23. The number of anilines is 1. The van der Waals surface area contributed by atoms with Gasteiger partial charge in [-0.2, -0.15) is 0 Å². The number of aryl methyl sites for hydroxylation is 2. The van der Waals surface area contributed by atoms with Crippen molar-refractivity contribution < 1.29 is 17.7 Å². The lowest BCUT2D eigenvalue weighted by Gasteiger charge is -2.08. The van der Waals surface area contributed by atoms with Crippen molar-refractivity contribution in [1.29, 1.82) is 0 Å². The first-order chi connectivity index (χ1) is 9.90. The Hall–Kier alpha value is -2.06. The zero-order chi connectivity index (χ0) is 15.5. The van der Waals surface area contributed by atoms with Crippen LogP contribution < -0.4 is 15.2 Å². The molecule has 21 heavy (non-hydrogen) atoms. The molecule has 0 atom stereocenters. The first-order valence-electron chi connectivity index (χ1n) is 6.31. The normalized spacial score (nSPS) is 11.5. The Kier molecular flexibility index (Phi) is 4.49. The monoisotopic (exact) mass is 311 g/mol. The SMILES string of the molecule is Cc1noc(C)c1S(=O)(=O)NCCOc1ccc(N)cc1. The van der Waals surface area contributed by atoms with Gasteiger partial charge in [-0.05, 0) is 38.1 Å². The van der Waals surface area contributed by atoms with Crippen molar-refractivity contribution >= 4 is 15.7 Å². The summed E-state index contributed by atoms with van der Waals surface area (Å²) >= 11 is 0. The summed E-state index contributed by atoms with van der Waals surface area (Å²) < 4.78 is 36.9. The highest BCUT2D eigenvalue weighted by atomic mass is 32.2. The van der Waals surface area contributed by atoms with Crippen LogP contribution in [0, 0.1) is 13.8 Å². The van der Waals surface area contributed by atoms with Crippen LogP contribution in [0.4, 0.5) is 5.69 Å². The first-order valence-corrected chi connectivity index (χ1v) is 7.79.